The summed E-state index contributed by atoms with van der Waals surface area (Å²) in [6.07, 6.45) is 0.369. The van der Waals surface area contributed by atoms with Crippen LogP contribution in [-0.4, -0.2) is 6.61 Å². The van der Waals surface area contributed by atoms with E-state index in [2.05, 4.69) is 6.07 Å². The van der Waals surface area contributed by atoms with E-state index in [0.717, 1.165) is 11.1 Å². The molecule has 3 heteroatoms. The Morgan fingerprint density at radius 1 is 0.950 bits per heavy atom. The van der Waals surface area contributed by atoms with E-state index in [-0.39, 0.29) is 0 Å². The van der Waals surface area contributed by atoms with E-state index in [1.54, 1.807) is 0 Å². The Morgan fingerprint density at radius 2 is 1.75 bits per heavy atom. The van der Waals surface area contributed by atoms with Gasteiger partial charge in [-0.15, -0.1) is 0 Å². The Bertz CT molecular complexity index is 588. The molecule has 0 atom stereocenters. The van der Waals surface area contributed by atoms with Crippen LogP contribution < -0.4 is 9.47 Å². The highest BCUT2D eigenvalue weighted by Crippen LogP contribution is 2.29. The molecule has 0 aliphatic rings. The zero-order chi connectivity index (χ0) is 14.2. The van der Waals surface area contributed by atoms with Gasteiger partial charge in [-0.05, 0) is 30.2 Å². The molecule has 2 rings (SSSR count). The summed E-state index contributed by atoms with van der Waals surface area (Å²) >= 11 is 0. The Labute approximate surface area is 119 Å². The molecular weight excluding hydrogens is 250 g/mol. The molecule has 0 N–H and O–H groups in total. The lowest BCUT2D eigenvalue weighted by Gasteiger charge is -2.13. The van der Waals surface area contributed by atoms with Crippen molar-refractivity contribution >= 4 is 0 Å². The molecule has 0 amide bonds. The van der Waals surface area contributed by atoms with Crippen LogP contribution in [0.2, 0.25) is 0 Å². The normalized spacial score (nSPS) is 9.80. The largest absolute Gasteiger partial charge is 0.490 e. The molecular formula is C17H17NO2. The van der Waals surface area contributed by atoms with Gasteiger partial charge in [-0.2, -0.15) is 5.26 Å². The summed E-state index contributed by atoms with van der Waals surface area (Å²) in [7, 11) is 0. The number of benzene rings is 2. The molecule has 0 saturated heterocycles. The van der Waals surface area contributed by atoms with Gasteiger partial charge in [0.2, 0.25) is 0 Å². The lowest BCUT2D eigenvalue weighted by Crippen LogP contribution is -2.00. The monoisotopic (exact) mass is 267 g/mol. The molecule has 0 aliphatic heterocycles. The van der Waals surface area contributed by atoms with Gasteiger partial charge < -0.3 is 9.47 Å². The molecule has 0 unspecified atom stereocenters. The van der Waals surface area contributed by atoms with Crippen molar-refractivity contribution in [3.8, 4) is 17.6 Å². The van der Waals surface area contributed by atoms with E-state index in [1.807, 2.05) is 55.5 Å². The summed E-state index contributed by atoms with van der Waals surface area (Å²) in [5.74, 6) is 1.40. The molecule has 0 spiro atoms. The lowest BCUT2D eigenvalue weighted by atomic mass is 10.1. The number of ether oxygens (including phenoxy) is 2. The fourth-order valence-corrected chi connectivity index (χ4v) is 1.88. The molecule has 0 radical (unpaired) electrons. The highest BCUT2D eigenvalue weighted by Gasteiger charge is 2.07. The van der Waals surface area contributed by atoms with Crippen LogP contribution >= 0.6 is 0 Å². The van der Waals surface area contributed by atoms with Gasteiger partial charge in [0, 0.05) is 0 Å². The third kappa shape index (κ3) is 3.76. The fourth-order valence-electron chi connectivity index (χ4n) is 1.88. The van der Waals surface area contributed by atoms with E-state index >= 15 is 0 Å². The average molecular weight is 267 g/mol. The number of nitrogens with zero attached hydrogens (tertiary/aromatic N) is 1. The molecule has 0 saturated carbocycles. The Hall–Kier alpha value is -2.47. The van der Waals surface area contributed by atoms with Gasteiger partial charge in [0.15, 0.2) is 11.5 Å². The highest BCUT2D eigenvalue weighted by atomic mass is 16.5. The quantitative estimate of drug-likeness (QED) is 0.800. The Kier molecular flexibility index (Phi) is 5.02. The second kappa shape index (κ2) is 7.20. The van der Waals surface area contributed by atoms with Crippen molar-refractivity contribution in [3.63, 3.8) is 0 Å². The van der Waals surface area contributed by atoms with Crippen LogP contribution in [-0.2, 0) is 13.0 Å². The van der Waals surface area contributed by atoms with E-state index in [1.165, 1.54) is 0 Å². The predicted octanol–water partition coefficient (Wildman–Crippen LogP) is 3.73. The van der Waals surface area contributed by atoms with E-state index in [9.17, 15) is 0 Å². The van der Waals surface area contributed by atoms with Crippen molar-refractivity contribution in [2.24, 2.45) is 0 Å². The molecule has 0 aliphatic carbocycles. The van der Waals surface area contributed by atoms with Crippen LogP contribution in [0.25, 0.3) is 0 Å². The molecule has 0 heterocycles. The summed E-state index contributed by atoms with van der Waals surface area (Å²) in [5.41, 5.74) is 2.03. The minimum Gasteiger partial charge on any atom is -0.490 e. The second-order valence-electron chi connectivity index (χ2n) is 4.32. The van der Waals surface area contributed by atoms with Gasteiger partial charge in [-0.25, -0.2) is 0 Å². The van der Waals surface area contributed by atoms with Gasteiger partial charge in [0.1, 0.15) is 6.61 Å². The van der Waals surface area contributed by atoms with Crippen LogP contribution in [0.3, 0.4) is 0 Å². The van der Waals surface area contributed by atoms with Crippen molar-refractivity contribution in [1.29, 1.82) is 5.26 Å². The third-order valence-electron chi connectivity index (χ3n) is 2.83. The summed E-state index contributed by atoms with van der Waals surface area (Å²) in [6, 6.07) is 17.7. The summed E-state index contributed by atoms with van der Waals surface area (Å²) < 4.78 is 11.4. The van der Waals surface area contributed by atoms with Crippen molar-refractivity contribution in [2.45, 2.75) is 20.0 Å². The standard InChI is InChI=1S/C17H17NO2/c1-2-19-16-9-8-14(10-11-18)12-17(16)20-13-15-6-4-3-5-7-15/h3-9,12H,2,10,13H2,1H3. The van der Waals surface area contributed by atoms with E-state index in [0.29, 0.717) is 31.1 Å². The maximum atomic E-state index is 8.77. The molecule has 0 fully saturated rings. The van der Waals surface area contributed by atoms with Gasteiger partial charge in [0.25, 0.3) is 0 Å². The Balaban J connectivity index is 2.15. The minimum atomic E-state index is 0.369. The maximum absolute atomic E-state index is 8.77. The molecule has 0 bridgehead atoms. The van der Waals surface area contributed by atoms with Gasteiger partial charge in [0.05, 0.1) is 19.1 Å². The van der Waals surface area contributed by atoms with Gasteiger partial charge in [-0.1, -0.05) is 36.4 Å². The third-order valence-corrected chi connectivity index (χ3v) is 2.83. The summed E-state index contributed by atoms with van der Waals surface area (Å²) in [6.45, 7) is 3.00. The van der Waals surface area contributed by atoms with Crippen molar-refractivity contribution in [2.75, 3.05) is 6.61 Å². The van der Waals surface area contributed by atoms with Crippen LogP contribution in [0.4, 0.5) is 0 Å². The molecule has 2 aromatic rings. The first-order valence-corrected chi connectivity index (χ1v) is 6.63. The Morgan fingerprint density at radius 3 is 2.45 bits per heavy atom. The van der Waals surface area contributed by atoms with Crippen LogP contribution in [0.15, 0.2) is 48.5 Å². The number of hydrogen-bond acceptors (Lipinski definition) is 3. The summed E-state index contributed by atoms with van der Waals surface area (Å²) in [4.78, 5) is 0. The van der Waals surface area contributed by atoms with Crippen molar-refractivity contribution in [1.82, 2.24) is 0 Å². The smallest absolute Gasteiger partial charge is 0.161 e. The summed E-state index contributed by atoms with van der Waals surface area (Å²) in [5, 5.41) is 8.77. The van der Waals surface area contributed by atoms with Crippen molar-refractivity contribution < 1.29 is 9.47 Å². The zero-order valence-corrected chi connectivity index (χ0v) is 11.5. The first-order valence-electron chi connectivity index (χ1n) is 6.63. The topological polar surface area (TPSA) is 42.2 Å². The first-order chi connectivity index (χ1) is 9.83. The molecule has 0 aromatic heterocycles. The first kappa shape index (κ1) is 14.0. The second-order valence-corrected chi connectivity index (χ2v) is 4.32. The number of hydrogen-bond donors (Lipinski definition) is 0. The highest BCUT2D eigenvalue weighted by molar-refractivity contribution is 5.43. The van der Waals surface area contributed by atoms with Gasteiger partial charge >= 0.3 is 0 Å². The molecule has 3 nitrogen and oxygen atoms in total. The van der Waals surface area contributed by atoms with Crippen molar-refractivity contribution in [3.05, 3.63) is 59.7 Å². The minimum absolute atomic E-state index is 0.369. The van der Waals surface area contributed by atoms with Crippen LogP contribution in [0.5, 0.6) is 11.5 Å². The number of rotatable bonds is 6. The number of nitriles is 1. The fraction of sp³-hybridized carbons (Fsp3) is 0.235. The zero-order valence-electron chi connectivity index (χ0n) is 11.5. The predicted molar refractivity (Wildman–Crippen MR) is 77.7 cm³/mol. The maximum Gasteiger partial charge on any atom is 0.161 e. The SMILES string of the molecule is CCOc1ccc(CC#N)cc1OCc1ccccc1. The van der Waals surface area contributed by atoms with E-state index in [4.69, 9.17) is 14.7 Å². The molecule has 2 aromatic carbocycles. The van der Waals surface area contributed by atoms with E-state index < -0.39 is 0 Å². The molecule has 20 heavy (non-hydrogen) atoms. The average Bonchev–Trinajstić information content (AvgIpc) is 2.49. The van der Waals surface area contributed by atoms with Gasteiger partial charge in [-0.3, -0.25) is 0 Å². The molecule has 102 valence electrons. The van der Waals surface area contributed by atoms with Crippen LogP contribution in [0, 0.1) is 11.3 Å². The van der Waals surface area contributed by atoms with Crippen LogP contribution in [0.1, 0.15) is 18.1 Å². The lowest BCUT2D eigenvalue weighted by molar-refractivity contribution is 0.269.